The first-order valence-corrected chi connectivity index (χ1v) is 10.7. The van der Waals surface area contributed by atoms with E-state index in [0.717, 1.165) is 22.5 Å². The van der Waals surface area contributed by atoms with Gasteiger partial charge in [0.1, 0.15) is 0 Å². The fraction of sp³-hybridized carbons (Fsp3) is 0.154. The molecule has 8 heteroatoms. The summed E-state index contributed by atoms with van der Waals surface area (Å²) in [6, 6.07) is 22.6. The van der Waals surface area contributed by atoms with Crippen LogP contribution in [0, 0.1) is 13.8 Å². The quantitative estimate of drug-likeness (QED) is 0.238. The largest absolute Gasteiger partial charge is 0.356 e. The summed E-state index contributed by atoms with van der Waals surface area (Å²) < 4.78 is 0. The molecule has 0 saturated carbocycles. The van der Waals surface area contributed by atoms with Gasteiger partial charge in [-0.05, 0) is 74.4 Å². The number of nitrogens with one attached hydrogen (secondary N) is 4. The van der Waals surface area contributed by atoms with Gasteiger partial charge in [-0.25, -0.2) is 5.43 Å². The fourth-order valence-electron chi connectivity index (χ4n) is 3.05. The number of rotatable bonds is 7. The molecule has 3 amide bonds. The molecule has 0 aliphatic heterocycles. The van der Waals surface area contributed by atoms with E-state index in [0.29, 0.717) is 17.1 Å². The van der Waals surface area contributed by atoms with E-state index in [2.05, 4.69) is 26.5 Å². The number of carbonyl (C=O) groups excluding carboxylic acids is 3. The number of benzene rings is 3. The number of hydrazone groups is 1. The lowest BCUT2D eigenvalue weighted by atomic mass is 10.1. The molecule has 0 unspecified atom stereocenters. The molecule has 0 aromatic heterocycles. The highest BCUT2D eigenvalue weighted by molar-refractivity contribution is 6.39. The molecule has 0 radical (unpaired) electrons. The molecule has 3 rings (SSSR count). The molecule has 0 bridgehead atoms. The zero-order valence-corrected chi connectivity index (χ0v) is 19.3. The third-order valence-electron chi connectivity index (χ3n) is 4.84. The number of anilines is 4. The minimum absolute atomic E-state index is 0.0388. The van der Waals surface area contributed by atoms with Crippen LogP contribution >= 0.6 is 0 Å². The second-order valence-corrected chi connectivity index (χ2v) is 7.85. The Morgan fingerprint density at radius 2 is 1.41 bits per heavy atom. The van der Waals surface area contributed by atoms with E-state index in [1.807, 2.05) is 68.4 Å². The fourth-order valence-corrected chi connectivity index (χ4v) is 3.05. The lowest BCUT2D eigenvalue weighted by Crippen LogP contribution is -2.33. The minimum atomic E-state index is -0.915. The summed E-state index contributed by atoms with van der Waals surface area (Å²) >= 11 is 0. The van der Waals surface area contributed by atoms with Crippen molar-refractivity contribution in [1.29, 1.82) is 0 Å². The van der Waals surface area contributed by atoms with E-state index < -0.39 is 11.8 Å². The Balaban J connectivity index is 1.47. The van der Waals surface area contributed by atoms with Gasteiger partial charge in [-0.15, -0.1) is 0 Å². The van der Waals surface area contributed by atoms with Gasteiger partial charge in [-0.3, -0.25) is 14.4 Å². The van der Waals surface area contributed by atoms with Crippen molar-refractivity contribution in [2.45, 2.75) is 27.2 Å². The Morgan fingerprint density at radius 3 is 2.12 bits per heavy atom. The van der Waals surface area contributed by atoms with Crippen LogP contribution in [-0.2, 0) is 14.4 Å². The number of hydrogen-bond donors (Lipinski definition) is 4. The number of aryl methyl sites for hydroxylation is 2. The van der Waals surface area contributed by atoms with Crippen LogP contribution in [0.3, 0.4) is 0 Å². The summed E-state index contributed by atoms with van der Waals surface area (Å²) in [5.41, 5.74) is 7.39. The molecule has 3 aromatic rings. The smallest absolute Gasteiger partial charge is 0.329 e. The standard InChI is InChI=1S/C26H27N5O3/c1-17-9-10-18(2)23(15-17)29-25(33)26(34)31-30-19(3)16-24(32)28-22-13-11-21(12-14-22)27-20-7-5-4-6-8-20/h4-15,27H,16H2,1-3H3,(H,28,32)(H,29,33)(H,31,34). The molecular weight excluding hydrogens is 430 g/mol. The van der Waals surface area contributed by atoms with Gasteiger partial charge < -0.3 is 16.0 Å². The molecular formula is C26H27N5O3. The SMILES string of the molecule is CC(CC(=O)Nc1ccc(Nc2ccccc2)cc1)=NNC(=O)C(=O)Nc1cc(C)ccc1C. The maximum absolute atomic E-state index is 12.3. The molecule has 34 heavy (non-hydrogen) atoms. The molecule has 0 aliphatic carbocycles. The Hall–Kier alpha value is -4.46. The first-order chi connectivity index (χ1) is 16.3. The maximum atomic E-state index is 12.3. The number of amides is 3. The van der Waals surface area contributed by atoms with E-state index >= 15 is 0 Å². The zero-order valence-electron chi connectivity index (χ0n) is 19.3. The van der Waals surface area contributed by atoms with Crippen LogP contribution in [0.25, 0.3) is 0 Å². The first-order valence-electron chi connectivity index (χ1n) is 10.7. The second kappa shape index (κ2) is 11.4. The molecule has 0 heterocycles. The van der Waals surface area contributed by atoms with Crippen LogP contribution in [0.1, 0.15) is 24.5 Å². The Bertz CT molecular complexity index is 1200. The highest BCUT2D eigenvalue weighted by atomic mass is 16.2. The van der Waals surface area contributed by atoms with Crippen LogP contribution in [0.5, 0.6) is 0 Å². The van der Waals surface area contributed by atoms with Crippen LogP contribution < -0.4 is 21.4 Å². The van der Waals surface area contributed by atoms with Gasteiger partial charge in [0, 0.05) is 28.5 Å². The lowest BCUT2D eigenvalue weighted by Gasteiger charge is -2.09. The van der Waals surface area contributed by atoms with Crippen molar-refractivity contribution < 1.29 is 14.4 Å². The molecule has 4 N–H and O–H groups in total. The maximum Gasteiger partial charge on any atom is 0.329 e. The van der Waals surface area contributed by atoms with Crippen molar-refractivity contribution in [2.24, 2.45) is 5.10 Å². The van der Waals surface area contributed by atoms with Gasteiger partial charge in [0.15, 0.2) is 0 Å². The molecule has 0 aliphatic rings. The predicted octanol–water partition coefficient (Wildman–Crippen LogP) is 4.51. The average molecular weight is 458 g/mol. The second-order valence-electron chi connectivity index (χ2n) is 7.85. The average Bonchev–Trinajstić information content (AvgIpc) is 2.81. The summed E-state index contributed by atoms with van der Waals surface area (Å²) in [5.74, 6) is -2.04. The molecule has 0 saturated heterocycles. The normalized spacial score (nSPS) is 10.9. The van der Waals surface area contributed by atoms with E-state index in [1.165, 1.54) is 0 Å². The highest BCUT2D eigenvalue weighted by Crippen LogP contribution is 2.19. The van der Waals surface area contributed by atoms with Crippen molar-refractivity contribution in [3.63, 3.8) is 0 Å². The van der Waals surface area contributed by atoms with E-state index in [-0.39, 0.29) is 12.3 Å². The Morgan fingerprint density at radius 1 is 0.765 bits per heavy atom. The van der Waals surface area contributed by atoms with Gasteiger partial charge in [-0.2, -0.15) is 5.10 Å². The Labute approximate surface area is 198 Å². The highest BCUT2D eigenvalue weighted by Gasteiger charge is 2.15. The van der Waals surface area contributed by atoms with Gasteiger partial charge in [0.2, 0.25) is 5.91 Å². The van der Waals surface area contributed by atoms with Gasteiger partial charge >= 0.3 is 11.8 Å². The Kier molecular flexibility index (Phi) is 8.12. The number of para-hydroxylation sites is 1. The number of hydrogen-bond acceptors (Lipinski definition) is 5. The lowest BCUT2D eigenvalue weighted by molar-refractivity contribution is -0.136. The summed E-state index contributed by atoms with van der Waals surface area (Å²) in [6.45, 7) is 5.32. The minimum Gasteiger partial charge on any atom is -0.356 e. The predicted molar refractivity (Wildman–Crippen MR) is 135 cm³/mol. The molecule has 174 valence electrons. The van der Waals surface area contributed by atoms with Crippen molar-refractivity contribution in [3.05, 3.63) is 83.9 Å². The molecule has 8 nitrogen and oxygen atoms in total. The summed E-state index contributed by atoms with van der Waals surface area (Å²) in [6.07, 6.45) is -0.0388. The van der Waals surface area contributed by atoms with Crippen molar-refractivity contribution in [2.75, 3.05) is 16.0 Å². The third kappa shape index (κ3) is 7.30. The number of carbonyl (C=O) groups is 3. The van der Waals surface area contributed by atoms with Crippen LogP contribution in [0.2, 0.25) is 0 Å². The van der Waals surface area contributed by atoms with Gasteiger partial charge in [0.25, 0.3) is 0 Å². The van der Waals surface area contributed by atoms with Crippen LogP contribution in [0.15, 0.2) is 77.9 Å². The van der Waals surface area contributed by atoms with Gasteiger partial charge in [0.05, 0.1) is 6.42 Å². The monoisotopic (exact) mass is 457 g/mol. The molecule has 0 fully saturated rings. The van der Waals surface area contributed by atoms with Crippen molar-refractivity contribution in [3.8, 4) is 0 Å². The number of nitrogens with zero attached hydrogens (tertiary/aromatic N) is 1. The molecule has 3 aromatic carbocycles. The van der Waals surface area contributed by atoms with E-state index in [1.54, 1.807) is 25.1 Å². The third-order valence-corrected chi connectivity index (χ3v) is 4.84. The van der Waals surface area contributed by atoms with E-state index in [4.69, 9.17) is 0 Å². The topological polar surface area (TPSA) is 112 Å². The molecule has 0 atom stereocenters. The van der Waals surface area contributed by atoms with Gasteiger partial charge in [-0.1, -0.05) is 30.3 Å². The molecule has 0 spiro atoms. The summed E-state index contributed by atoms with van der Waals surface area (Å²) in [7, 11) is 0. The zero-order chi connectivity index (χ0) is 24.5. The first kappa shape index (κ1) is 24.2. The van der Waals surface area contributed by atoms with Crippen LogP contribution in [0.4, 0.5) is 22.7 Å². The van der Waals surface area contributed by atoms with Crippen molar-refractivity contribution in [1.82, 2.24) is 5.43 Å². The van der Waals surface area contributed by atoms with Crippen molar-refractivity contribution >= 4 is 46.2 Å². The van der Waals surface area contributed by atoms with E-state index in [9.17, 15) is 14.4 Å². The summed E-state index contributed by atoms with van der Waals surface area (Å²) in [4.78, 5) is 36.5. The summed E-state index contributed by atoms with van der Waals surface area (Å²) in [5, 5.41) is 12.5. The van der Waals surface area contributed by atoms with Crippen LogP contribution in [-0.4, -0.2) is 23.4 Å².